The predicted molar refractivity (Wildman–Crippen MR) is 68.9 cm³/mol. The Balaban J connectivity index is 2.37. The lowest BCUT2D eigenvalue weighted by atomic mass is 10.2. The van der Waals surface area contributed by atoms with Crippen molar-refractivity contribution in [3.63, 3.8) is 0 Å². The number of ether oxygens (including phenoxy) is 1. The maximum Gasteiger partial charge on any atom is 0.410 e. The lowest BCUT2D eigenvalue weighted by Crippen LogP contribution is -2.35. The van der Waals surface area contributed by atoms with E-state index in [1.54, 1.807) is 4.90 Å². The van der Waals surface area contributed by atoms with Gasteiger partial charge in [0.2, 0.25) is 0 Å². The van der Waals surface area contributed by atoms with Gasteiger partial charge in [-0.2, -0.15) is 0 Å². The van der Waals surface area contributed by atoms with Crippen molar-refractivity contribution in [3.8, 4) is 0 Å². The van der Waals surface area contributed by atoms with E-state index in [0.717, 1.165) is 13.0 Å². The van der Waals surface area contributed by atoms with Crippen LogP contribution in [0.3, 0.4) is 0 Å². The Bertz CT molecular complexity index is 232. The van der Waals surface area contributed by atoms with E-state index in [9.17, 15) is 4.79 Å². The summed E-state index contributed by atoms with van der Waals surface area (Å²) in [7, 11) is 1.32. The van der Waals surface area contributed by atoms with E-state index in [4.69, 9.17) is 8.92 Å². The summed E-state index contributed by atoms with van der Waals surface area (Å²) in [4.78, 5) is 13.3. The minimum absolute atomic E-state index is 0.138. The maximum absolute atomic E-state index is 11.7. The Labute approximate surface area is 107 Å². The highest BCUT2D eigenvalue weighted by Gasteiger charge is 2.30. The highest BCUT2D eigenvalue weighted by atomic mass is 127. The monoisotopic (exact) mass is 345 g/mol. The van der Waals surface area contributed by atoms with Crippen LogP contribution in [0, 0.1) is 0 Å². The van der Waals surface area contributed by atoms with E-state index in [2.05, 4.69) is 21.2 Å². The van der Waals surface area contributed by atoms with Crippen molar-refractivity contribution in [1.82, 2.24) is 4.90 Å². The topological polar surface area (TPSA) is 38.8 Å². The molecule has 1 fully saturated rings. The van der Waals surface area contributed by atoms with Crippen molar-refractivity contribution >= 4 is 36.5 Å². The van der Waals surface area contributed by atoms with E-state index < -0.39 is 5.60 Å². The van der Waals surface area contributed by atoms with Crippen LogP contribution in [-0.2, 0) is 8.92 Å². The number of carbonyl (C=O) groups is 1. The van der Waals surface area contributed by atoms with Gasteiger partial charge in [-0.25, -0.2) is 4.79 Å². The van der Waals surface area contributed by atoms with Gasteiger partial charge in [-0.05, 0) is 27.2 Å². The quantitative estimate of drug-likeness (QED) is 0.570. The Kier molecular flexibility index (Phi) is 4.98. The van der Waals surface area contributed by atoms with E-state index in [1.807, 2.05) is 20.8 Å². The molecule has 1 amide bonds. The summed E-state index contributed by atoms with van der Waals surface area (Å²) in [5.41, 5.74) is -0.423. The number of carbonyl (C=O) groups excluding carboxylic acids is 1. The molecular formula is C9H16INO3S. The molecule has 0 radical (unpaired) electrons. The van der Waals surface area contributed by atoms with Crippen LogP contribution in [0.5, 0.6) is 0 Å². The fourth-order valence-corrected chi connectivity index (χ4v) is 2.49. The SMILES string of the molecule is CC(C)(C)OC(=O)N1CCC(OSI)C1. The molecule has 0 aliphatic carbocycles. The van der Waals surface area contributed by atoms with Crippen LogP contribution in [0.4, 0.5) is 4.79 Å². The number of nitrogens with zero attached hydrogens (tertiary/aromatic N) is 1. The van der Waals surface area contributed by atoms with Gasteiger partial charge in [0.25, 0.3) is 0 Å². The molecule has 0 aromatic rings. The van der Waals surface area contributed by atoms with Crippen molar-refractivity contribution in [3.05, 3.63) is 0 Å². The first-order valence-electron chi connectivity index (χ1n) is 4.84. The fourth-order valence-electron chi connectivity index (χ4n) is 1.35. The lowest BCUT2D eigenvalue weighted by Gasteiger charge is -2.24. The van der Waals surface area contributed by atoms with E-state index in [0.29, 0.717) is 6.54 Å². The third-order valence-corrected chi connectivity index (χ3v) is 2.94. The van der Waals surface area contributed by atoms with Gasteiger partial charge >= 0.3 is 6.09 Å². The van der Waals surface area contributed by atoms with Gasteiger partial charge in [0.05, 0.1) is 21.9 Å². The summed E-state index contributed by atoms with van der Waals surface area (Å²) in [6, 6.07) is 0. The molecule has 0 N–H and O–H groups in total. The zero-order valence-corrected chi connectivity index (χ0v) is 12.1. The Morgan fingerprint density at radius 1 is 1.53 bits per heavy atom. The zero-order valence-electron chi connectivity index (χ0n) is 9.16. The lowest BCUT2D eigenvalue weighted by molar-refractivity contribution is 0.0279. The first kappa shape index (κ1) is 13.4. The zero-order chi connectivity index (χ0) is 11.5. The van der Waals surface area contributed by atoms with Crippen LogP contribution in [0.2, 0.25) is 0 Å². The predicted octanol–water partition coefficient (Wildman–Crippen LogP) is 3.01. The fraction of sp³-hybridized carbons (Fsp3) is 0.889. The largest absolute Gasteiger partial charge is 0.444 e. The number of amides is 1. The summed E-state index contributed by atoms with van der Waals surface area (Å²) in [5, 5.41) is 0. The number of halogens is 1. The highest BCUT2D eigenvalue weighted by molar-refractivity contribution is 14.2. The third-order valence-electron chi connectivity index (χ3n) is 1.97. The second-order valence-corrected chi connectivity index (χ2v) is 5.89. The van der Waals surface area contributed by atoms with Crippen LogP contribution < -0.4 is 0 Å². The van der Waals surface area contributed by atoms with Crippen molar-refractivity contribution in [2.45, 2.75) is 38.9 Å². The van der Waals surface area contributed by atoms with Crippen molar-refractivity contribution in [1.29, 1.82) is 0 Å². The van der Waals surface area contributed by atoms with Crippen LogP contribution >= 0.6 is 30.4 Å². The molecule has 1 rings (SSSR count). The highest BCUT2D eigenvalue weighted by Crippen LogP contribution is 2.23. The Morgan fingerprint density at radius 2 is 2.20 bits per heavy atom. The van der Waals surface area contributed by atoms with Gasteiger partial charge in [-0.15, -0.1) is 0 Å². The molecule has 0 aromatic heterocycles. The number of likely N-dealkylation sites (tertiary alicyclic amines) is 1. The molecular weight excluding hydrogens is 329 g/mol. The molecule has 0 saturated carbocycles. The molecule has 1 unspecified atom stereocenters. The number of rotatable bonds is 2. The van der Waals surface area contributed by atoms with Crippen LogP contribution in [0.15, 0.2) is 0 Å². The molecule has 6 heteroatoms. The van der Waals surface area contributed by atoms with Crippen molar-refractivity contribution in [2.75, 3.05) is 13.1 Å². The van der Waals surface area contributed by atoms with Gasteiger partial charge in [-0.1, -0.05) is 0 Å². The third kappa shape index (κ3) is 4.78. The number of hydrogen-bond acceptors (Lipinski definition) is 4. The van der Waals surface area contributed by atoms with Gasteiger partial charge in [0.15, 0.2) is 0 Å². The molecule has 1 saturated heterocycles. The second-order valence-electron chi connectivity index (χ2n) is 4.50. The van der Waals surface area contributed by atoms with E-state index >= 15 is 0 Å². The summed E-state index contributed by atoms with van der Waals surface area (Å²) in [6.07, 6.45) is 0.779. The van der Waals surface area contributed by atoms with Gasteiger partial charge in [0, 0.05) is 27.8 Å². The first-order valence-corrected chi connectivity index (χ1v) is 8.13. The molecule has 4 nitrogen and oxygen atoms in total. The van der Waals surface area contributed by atoms with Crippen LogP contribution in [-0.4, -0.2) is 35.8 Å². The van der Waals surface area contributed by atoms with Crippen LogP contribution in [0.25, 0.3) is 0 Å². The summed E-state index contributed by atoms with van der Waals surface area (Å²) >= 11 is 2.08. The minimum atomic E-state index is -0.423. The van der Waals surface area contributed by atoms with E-state index in [1.165, 1.54) is 9.21 Å². The standard InChI is InChI=1S/C9H16INO3S/c1-9(2,3)13-8(12)11-5-4-7(6-11)14-15-10/h7H,4-6H2,1-3H3. The molecule has 15 heavy (non-hydrogen) atoms. The number of hydrogen-bond donors (Lipinski definition) is 0. The normalized spacial score (nSPS) is 21.9. The average molecular weight is 345 g/mol. The molecule has 0 spiro atoms. The average Bonchev–Trinajstić information content (AvgIpc) is 2.50. The van der Waals surface area contributed by atoms with Gasteiger partial charge in [-0.3, -0.25) is 0 Å². The molecule has 0 aromatic carbocycles. The Hall–Kier alpha value is 0.310. The molecule has 88 valence electrons. The van der Waals surface area contributed by atoms with E-state index in [-0.39, 0.29) is 12.2 Å². The van der Waals surface area contributed by atoms with Gasteiger partial charge < -0.3 is 13.8 Å². The van der Waals surface area contributed by atoms with Gasteiger partial charge in [0.1, 0.15) is 5.60 Å². The second kappa shape index (κ2) is 5.58. The summed E-state index contributed by atoms with van der Waals surface area (Å²) < 4.78 is 10.6. The smallest absolute Gasteiger partial charge is 0.410 e. The van der Waals surface area contributed by atoms with Crippen molar-refractivity contribution < 1.29 is 13.7 Å². The van der Waals surface area contributed by atoms with Crippen molar-refractivity contribution in [2.24, 2.45) is 0 Å². The molecule has 1 heterocycles. The molecule has 0 bridgehead atoms. The molecule has 1 atom stereocenters. The molecule has 1 aliphatic heterocycles. The summed E-state index contributed by atoms with van der Waals surface area (Å²) in [6.45, 7) is 6.96. The Morgan fingerprint density at radius 3 is 2.73 bits per heavy atom. The maximum atomic E-state index is 11.7. The minimum Gasteiger partial charge on any atom is -0.444 e. The van der Waals surface area contributed by atoms with Crippen LogP contribution in [0.1, 0.15) is 27.2 Å². The first-order chi connectivity index (χ1) is 6.92. The molecule has 1 aliphatic rings. The summed E-state index contributed by atoms with van der Waals surface area (Å²) in [5.74, 6) is 0.